The predicted molar refractivity (Wildman–Crippen MR) is 116 cm³/mol. The molecular formula is C23H32N2O7. The third-order valence-corrected chi connectivity index (χ3v) is 4.30. The van der Waals surface area contributed by atoms with E-state index < -0.39 is 46.5 Å². The fourth-order valence-corrected chi connectivity index (χ4v) is 2.73. The van der Waals surface area contributed by atoms with Crippen molar-refractivity contribution in [1.82, 2.24) is 10.4 Å². The van der Waals surface area contributed by atoms with E-state index >= 15 is 0 Å². The first-order chi connectivity index (χ1) is 14.5. The molecule has 1 aromatic rings. The molecule has 0 fully saturated rings. The Hall–Kier alpha value is -2.78. The van der Waals surface area contributed by atoms with Gasteiger partial charge in [0.2, 0.25) is 0 Å². The van der Waals surface area contributed by atoms with Gasteiger partial charge in [0.15, 0.2) is 11.6 Å². The number of fused-ring (bicyclic) bond motifs is 1. The number of amides is 3. The van der Waals surface area contributed by atoms with Crippen molar-refractivity contribution in [2.75, 3.05) is 6.61 Å². The molecule has 0 saturated carbocycles. The van der Waals surface area contributed by atoms with Crippen molar-refractivity contribution in [2.24, 2.45) is 0 Å². The van der Waals surface area contributed by atoms with Crippen LogP contribution >= 0.6 is 0 Å². The Labute approximate surface area is 188 Å². The van der Waals surface area contributed by atoms with Crippen LogP contribution in [0.25, 0.3) is 0 Å². The Kier molecular flexibility index (Phi) is 7.16. The van der Waals surface area contributed by atoms with Crippen LogP contribution in [-0.2, 0) is 23.9 Å². The number of benzene rings is 1. The highest BCUT2D eigenvalue weighted by atomic mass is 16.7. The number of carbonyl (C=O) groups is 4. The highest BCUT2D eigenvalue weighted by molar-refractivity contribution is 6.20. The number of hydrogen-bond donors (Lipinski definition) is 1. The average Bonchev–Trinajstić information content (AvgIpc) is 2.87. The van der Waals surface area contributed by atoms with Crippen LogP contribution in [0.15, 0.2) is 24.3 Å². The number of esters is 1. The van der Waals surface area contributed by atoms with Gasteiger partial charge in [-0.1, -0.05) is 12.1 Å². The van der Waals surface area contributed by atoms with Crippen molar-refractivity contribution >= 4 is 23.7 Å². The van der Waals surface area contributed by atoms with Crippen LogP contribution in [0.5, 0.6) is 0 Å². The number of hydrogen-bond acceptors (Lipinski definition) is 7. The molecular weight excluding hydrogens is 416 g/mol. The summed E-state index contributed by atoms with van der Waals surface area (Å²) in [5, 5.41) is 3.13. The third-order valence-electron chi connectivity index (χ3n) is 4.30. The highest BCUT2D eigenvalue weighted by Gasteiger charge is 2.43. The molecule has 9 nitrogen and oxygen atoms in total. The predicted octanol–water partition coefficient (Wildman–Crippen LogP) is 2.63. The fraction of sp³-hybridized carbons (Fsp3) is 0.565. The summed E-state index contributed by atoms with van der Waals surface area (Å²) in [6, 6.07) is 5.16. The summed E-state index contributed by atoms with van der Waals surface area (Å²) in [7, 11) is 0. The zero-order valence-electron chi connectivity index (χ0n) is 19.9. The number of hydroxylamine groups is 2. The molecule has 0 radical (unpaired) electrons. The Morgan fingerprint density at radius 1 is 0.906 bits per heavy atom. The van der Waals surface area contributed by atoms with Crippen molar-refractivity contribution in [1.29, 1.82) is 0 Å². The van der Waals surface area contributed by atoms with Crippen LogP contribution < -0.4 is 5.32 Å². The summed E-state index contributed by atoms with van der Waals surface area (Å²) < 4.78 is 11.1. The second-order valence-corrected chi connectivity index (χ2v) is 10.0. The number of rotatable bonds is 7. The standard InChI is InChI=1S/C23H32N2O7/c1-21(2,3)30-13-16(19(28)31-22(4,5)6)24-20(29)23(7,8)32-25-17(26)14-11-9-10-12-15(14)18(25)27/h9-12,16H,13H2,1-8H3,(H,24,29)/t16-/m0/s1. The van der Waals surface area contributed by atoms with E-state index in [-0.39, 0.29) is 17.7 Å². The fourth-order valence-electron chi connectivity index (χ4n) is 2.73. The Bertz CT molecular complexity index is 875. The van der Waals surface area contributed by atoms with Gasteiger partial charge in [-0.2, -0.15) is 0 Å². The molecule has 3 amide bonds. The van der Waals surface area contributed by atoms with E-state index in [0.717, 1.165) is 0 Å². The SMILES string of the molecule is CC(C)(C)OC[C@H](NC(=O)C(C)(C)ON1C(=O)c2ccccc2C1=O)C(=O)OC(C)(C)C. The van der Waals surface area contributed by atoms with E-state index in [1.165, 1.54) is 26.0 Å². The van der Waals surface area contributed by atoms with Crippen LogP contribution in [0.4, 0.5) is 0 Å². The van der Waals surface area contributed by atoms with Gasteiger partial charge in [-0.25, -0.2) is 9.63 Å². The van der Waals surface area contributed by atoms with Gasteiger partial charge in [0, 0.05) is 0 Å². The molecule has 1 heterocycles. The molecule has 1 aliphatic rings. The first-order valence-electron chi connectivity index (χ1n) is 10.4. The molecule has 1 N–H and O–H groups in total. The second kappa shape index (κ2) is 8.99. The third kappa shape index (κ3) is 6.37. The molecule has 0 bridgehead atoms. The summed E-state index contributed by atoms with van der Waals surface area (Å²) in [5.41, 5.74) is -2.60. The number of imide groups is 1. The molecule has 0 aliphatic carbocycles. The maximum Gasteiger partial charge on any atom is 0.331 e. The van der Waals surface area contributed by atoms with E-state index in [9.17, 15) is 19.2 Å². The Balaban J connectivity index is 2.15. The molecule has 0 saturated heterocycles. The van der Waals surface area contributed by atoms with Crippen LogP contribution in [0.3, 0.4) is 0 Å². The number of ether oxygens (including phenoxy) is 2. The topological polar surface area (TPSA) is 111 Å². The Morgan fingerprint density at radius 3 is 1.84 bits per heavy atom. The van der Waals surface area contributed by atoms with E-state index in [4.69, 9.17) is 14.3 Å². The van der Waals surface area contributed by atoms with Crippen molar-refractivity contribution in [3.05, 3.63) is 35.4 Å². The van der Waals surface area contributed by atoms with Gasteiger partial charge in [0.25, 0.3) is 17.7 Å². The van der Waals surface area contributed by atoms with Gasteiger partial charge in [0.05, 0.1) is 23.3 Å². The van der Waals surface area contributed by atoms with Gasteiger partial charge < -0.3 is 14.8 Å². The summed E-state index contributed by atoms with van der Waals surface area (Å²) in [6.07, 6.45) is 0. The molecule has 2 rings (SSSR count). The minimum absolute atomic E-state index is 0.132. The number of carbonyl (C=O) groups excluding carboxylic acids is 4. The van der Waals surface area contributed by atoms with Crippen molar-refractivity contribution in [3.63, 3.8) is 0 Å². The average molecular weight is 449 g/mol. The van der Waals surface area contributed by atoms with Crippen LogP contribution in [0.2, 0.25) is 0 Å². The first kappa shape index (κ1) is 25.5. The van der Waals surface area contributed by atoms with Crippen molar-refractivity contribution < 1.29 is 33.5 Å². The molecule has 9 heteroatoms. The van der Waals surface area contributed by atoms with Gasteiger partial charge >= 0.3 is 5.97 Å². The maximum absolute atomic E-state index is 13.0. The van der Waals surface area contributed by atoms with Crippen LogP contribution in [-0.4, -0.2) is 58.2 Å². The summed E-state index contributed by atoms with van der Waals surface area (Å²) in [4.78, 5) is 56.3. The second-order valence-electron chi connectivity index (χ2n) is 10.0. The van der Waals surface area contributed by atoms with Crippen molar-refractivity contribution in [2.45, 2.75) is 78.2 Å². The Morgan fingerprint density at radius 2 is 1.41 bits per heavy atom. The van der Waals surface area contributed by atoms with Gasteiger partial charge in [-0.3, -0.25) is 14.4 Å². The molecule has 32 heavy (non-hydrogen) atoms. The van der Waals surface area contributed by atoms with Gasteiger partial charge in [-0.15, -0.1) is 5.06 Å². The van der Waals surface area contributed by atoms with Crippen LogP contribution in [0.1, 0.15) is 76.1 Å². The van der Waals surface area contributed by atoms with Crippen LogP contribution in [0, 0.1) is 0 Å². The maximum atomic E-state index is 13.0. The quantitative estimate of drug-likeness (QED) is 0.504. The minimum atomic E-state index is -1.66. The van der Waals surface area contributed by atoms with E-state index in [0.29, 0.717) is 5.06 Å². The lowest BCUT2D eigenvalue weighted by atomic mass is 10.1. The molecule has 0 unspecified atom stereocenters. The lowest BCUT2D eigenvalue weighted by molar-refractivity contribution is -0.188. The summed E-state index contributed by atoms with van der Waals surface area (Å²) in [5.74, 6) is -2.72. The molecule has 1 aliphatic heterocycles. The van der Waals surface area contributed by atoms with Gasteiger partial charge in [-0.05, 0) is 67.5 Å². The molecule has 176 valence electrons. The van der Waals surface area contributed by atoms with E-state index in [1.54, 1.807) is 32.9 Å². The van der Waals surface area contributed by atoms with Crippen molar-refractivity contribution in [3.8, 4) is 0 Å². The normalized spacial score (nSPS) is 15.4. The van der Waals surface area contributed by atoms with Gasteiger partial charge in [0.1, 0.15) is 5.60 Å². The zero-order chi connectivity index (χ0) is 24.5. The molecule has 1 aromatic carbocycles. The number of nitrogens with one attached hydrogen (secondary N) is 1. The lowest BCUT2D eigenvalue weighted by Gasteiger charge is -2.31. The smallest absolute Gasteiger partial charge is 0.331 e. The number of nitrogens with zero attached hydrogens (tertiary/aromatic N) is 1. The van der Waals surface area contributed by atoms with E-state index in [2.05, 4.69) is 5.32 Å². The van der Waals surface area contributed by atoms with E-state index in [1.807, 2.05) is 20.8 Å². The summed E-state index contributed by atoms with van der Waals surface area (Å²) in [6.45, 7) is 13.2. The lowest BCUT2D eigenvalue weighted by Crippen LogP contribution is -2.56. The molecule has 0 spiro atoms. The zero-order valence-corrected chi connectivity index (χ0v) is 19.9. The first-order valence-corrected chi connectivity index (χ1v) is 10.4. The highest BCUT2D eigenvalue weighted by Crippen LogP contribution is 2.26. The largest absolute Gasteiger partial charge is 0.458 e. The minimum Gasteiger partial charge on any atom is -0.458 e. The molecule has 1 atom stereocenters. The monoisotopic (exact) mass is 448 g/mol. The molecule has 0 aromatic heterocycles. The summed E-state index contributed by atoms with van der Waals surface area (Å²) >= 11 is 0.